The molecule has 1 saturated heterocycles. The number of thiocarbonyl (C=S) groups is 1. The number of amides is 1. The average molecular weight is 556 g/mol. The first-order chi connectivity index (χ1) is 19.4. The lowest BCUT2D eigenvalue weighted by atomic mass is 9.96. The third-order valence-corrected chi connectivity index (χ3v) is 7.59. The highest BCUT2D eigenvalue weighted by molar-refractivity contribution is 7.80. The lowest BCUT2D eigenvalue weighted by Gasteiger charge is -2.29. The van der Waals surface area contributed by atoms with Gasteiger partial charge in [-0.2, -0.15) is 0 Å². The number of hydrogen-bond acceptors (Lipinski definition) is 5. The van der Waals surface area contributed by atoms with Crippen LogP contribution in [0.2, 0.25) is 0 Å². The Morgan fingerprint density at radius 3 is 2.42 bits per heavy atom. The number of methoxy groups -OCH3 is 2. The first kappa shape index (κ1) is 27.2. The van der Waals surface area contributed by atoms with Crippen LogP contribution in [-0.4, -0.2) is 34.8 Å². The molecule has 206 valence electrons. The van der Waals surface area contributed by atoms with Gasteiger partial charge in [0.1, 0.15) is 11.5 Å². The van der Waals surface area contributed by atoms with Crippen LogP contribution < -0.4 is 25.0 Å². The van der Waals surface area contributed by atoms with E-state index >= 15 is 0 Å². The molecule has 5 rings (SSSR count). The number of rotatable bonds is 8. The summed E-state index contributed by atoms with van der Waals surface area (Å²) >= 11 is 5.94. The zero-order valence-electron chi connectivity index (χ0n) is 23.3. The van der Waals surface area contributed by atoms with Gasteiger partial charge in [0.2, 0.25) is 5.91 Å². The van der Waals surface area contributed by atoms with Crippen molar-refractivity contribution in [2.75, 3.05) is 24.4 Å². The molecule has 0 bridgehead atoms. The van der Waals surface area contributed by atoms with E-state index in [0.717, 1.165) is 39.8 Å². The fourth-order valence-electron chi connectivity index (χ4n) is 5.34. The third-order valence-electron chi connectivity index (χ3n) is 7.28. The maximum absolute atomic E-state index is 12.1. The summed E-state index contributed by atoms with van der Waals surface area (Å²) in [5.74, 6) is 1.29. The summed E-state index contributed by atoms with van der Waals surface area (Å²) in [6.07, 6.45) is 2.18. The molecule has 1 fully saturated rings. The van der Waals surface area contributed by atoms with Crippen LogP contribution in [0.15, 0.2) is 72.9 Å². The van der Waals surface area contributed by atoms with Crippen molar-refractivity contribution in [3.63, 3.8) is 0 Å². The zero-order valence-corrected chi connectivity index (χ0v) is 24.1. The monoisotopic (exact) mass is 555 g/mol. The summed E-state index contributed by atoms with van der Waals surface area (Å²) in [7, 11) is 3.26. The number of ether oxygens (including phenoxy) is 2. The van der Waals surface area contributed by atoms with Crippen molar-refractivity contribution in [2.24, 2.45) is 0 Å². The highest BCUT2D eigenvalue weighted by Crippen LogP contribution is 2.45. The van der Waals surface area contributed by atoms with Crippen molar-refractivity contribution in [2.45, 2.75) is 39.3 Å². The van der Waals surface area contributed by atoms with Gasteiger partial charge in [-0.05, 0) is 86.2 Å². The van der Waals surface area contributed by atoms with Crippen LogP contribution in [0.25, 0.3) is 5.69 Å². The second-order valence-corrected chi connectivity index (χ2v) is 10.0. The summed E-state index contributed by atoms with van der Waals surface area (Å²) < 4.78 is 13.3. The SMILES string of the molecule is CCC(=O)Nc1ccc(N2C(=S)NC(c3ccccn3)C2c2cc(C)n(-c3ccc(OC)cc3)c2C)cc1OC. The van der Waals surface area contributed by atoms with E-state index in [2.05, 4.69) is 57.1 Å². The Balaban J connectivity index is 1.63. The van der Waals surface area contributed by atoms with Gasteiger partial charge in [0, 0.05) is 41.4 Å². The van der Waals surface area contributed by atoms with Gasteiger partial charge in [0.05, 0.1) is 37.7 Å². The molecular weight excluding hydrogens is 522 g/mol. The average Bonchev–Trinajstić information content (AvgIpc) is 3.48. The minimum Gasteiger partial charge on any atom is -0.497 e. The first-order valence-electron chi connectivity index (χ1n) is 13.2. The van der Waals surface area contributed by atoms with Crippen LogP contribution in [-0.2, 0) is 4.79 Å². The predicted molar refractivity (Wildman–Crippen MR) is 162 cm³/mol. The second-order valence-electron chi connectivity index (χ2n) is 9.64. The summed E-state index contributed by atoms with van der Waals surface area (Å²) in [6, 6.07) is 21.5. The smallest absolute Gasteiger partial charge is 0.224 e. The number of carbonyl (C=O) groups excluding carboxylic acids is 1. The van der Waals surface area contributed by atoms with E-state index in [1.807, 2.05) is 55.5 Å². The molecule has 40 heavy (non-hydrogen) atoms. The maximum Gasteiger partial charge on any atom is 0.224 e. The number of pyridine rings is 1. The van der Waals surface area contributed by atoms with E-state index in [9.17, 15) is 4.79 Å². The minimum absolute atomic E-state index is 0.0801. The van der Waals surface area contributed by atoms with Crippen molar-refractivity contribution in [3.05, 3.63) is 95.6 Å². The van der Waals surface area contributed by atoms with Crippen molar-refractivity contribution < 1.29 is 14.3 Å². The number of nitrogens with zero attached hydrogens (tertiary/aromatic N) is 3. The molecule has 1 amide bonds. The maximum atomic E-state index is 12.1. The largest absolute Gasteiger partial charge is 0.497 e. The van der Waals surface area contributed by atoms with Gasteiger partial charge in [-0.15, -0.1) is 0 Å². The van der Waals surface area contributed by atoms with Gasteiger partial charge in [-0.1, -0.05) is 13.0 Å². The van der Waals surface area contributed by atoms with E-state index in [4.69, 9.17) is 21.7 Å². The Morgan fingerprint density at radius 1 is 1.02 bits per heavy atom. The van der Waals surface area contributed by atoms with E-state index in [1.54, 1.807) is 20.4 Å². The Bertz CT molecular complexity index is 1530. The Morgan fingerprint density at radius 2 is 1.77 bits per heavy atom. The molecule has 2 N–H and O–H groups in total. The van der Waals surface area contributed by atoms with Crippen LogP contribution >= 0.6 is 12.2 Å². The third kappa shape index (κ3) is 5.00. The molecule has 4 aromatic rings. The Hall–Kier alpha value is -4.37. The predicted octanol–water partition coefficient (Wildman–Crippen LogP) is 6.03. The standard InChI is InChI=1S/C31H33N5O3S/c1-6-28(37)33-25-15-12-22(18-27(25)39-5)36-30(29(34-31(36)40)26-9-7-8-16-32-26)24-17-19(2)35(20(24)3)21-10-13-23(38-4)14-11-21/h7-18,29-30H,6H2,1-5H3,(H,33,37)(H,34,40). The fraction of sp³-hybridized carbons (Fsp3) is 0.258. The van der Waals surface area contributed by atoms with Crippen molar-refractivity contribution in [3.8, 4) is 17.2 Å². The lowest BCUT2D eigenvalue weighted by molar-refractivity contribution is -0.115. The molecule has 8 nitrogen and oxygen atoms in total. The highest BCUT2D eigenvalue weighted by Gasteiger charge is 2.42. The number of aryl methyl sites for hydroxylation is 1. The number of benzene rings is 2. The van der Waals surface area contributed by atoms with Crippen LogP contribution in [0.3, 0.4) is 0 Å². The molecule has 1 aliphatic rings. The fourth-order valence-corrected chi connectivity index (χ4v) is 5.68. The number of hydrogen-bond donors (Lipinski definition) is 2. The molecule has 0 aliphatic carbocycles. The van der Waals surface area contributed by atoms with Crippen molar-refractivity contribution in [1.29, 1.82) is 0 Å². The van der Waals surface area contributed by atoms with Gasteiger partial charge in [-0.25, -0.2) is 0 Å². The normalized spacial score (nSPS) is 16.5. The minimum atomic E-state index is -0.193. The molecule has 0 radical (unpaired) electrons. The molecule has 0 spiro atoms. The first-order valence-corrected chi connectivity index (χ1v) is 13.6. The van der Waals surface area contributed by atoms with Gasteiger partial charge in [0.25, 0.3) is 0 Å². The lowest BCUT2D eigenvalue weighted by Crippen LogP contribution is -2.29. The molecule has 3 heterocycles. The number of aromatic nitrogens is 2. The second kappa shape index (κ2) is 11.4. The molecular formula is C31H33N5O3S. The number of anilines is 2. The zero-order chi connectivity index (χ0) is 28.4. The summed E-state index contributed by atoms with van der Waals surface area (Å²) in [4.78, 5) is 18.9. The van der Waals surface area contributed by atoms with Crippen LogP contribution in [0.1, 0.15) is 48.1 Å². The van der Waals surface area contributed by atoms with E-state index in [0.29, 0.717) is 23.0 Å². The molecule has 2 aromatic heterocycles. The van der Waals surface area contributed by atoms with Crippen molar-refractivity contribution >= 4 is 34.6 Å². The Kier molecular flexibility index (Phi) is 7.75. The number of nitrogens with one attached hydrogen (secondary N) is 2. The van der Waals surface area contributed by atoms with Crippen LogP contribution in [0.5, 0.6) is 11.5 Å². The highest BCUT2D eigenvalue weighted by atomic mass is 32.1. The van der Waals surface area contributed by atoms with Gasteiger partial charge in [0.15, 0.2) is 5.11 Å². The number of carbonyl (C=O) groups is 1. The van der Waals surface area contributed by atoms with Gasteiger partial charge >= 0.3 is 0 Å². The topological polar surface area (TPSA) is 80.7 Å². The van der Waals surface area contributed by atoms with E-state index in [1.165, 1.54) is 0 Å². The Labute approximate surface area is 239 Å². The molecule has 2 atom stereocenters. The van der Waals surface area contributed by atoms with Crippen LogP contribution in [0, 0.1) is 13.8 Å². The van der Waals surface area contributed by atoms with E-state index in [-0.39, 0.29) is 18.0 Å². The van der Waals surface area contributed by atoms with Gasteiger partial charge in [-0.3, -0.25) is 9.78 Å². The molecule has 0 saturated carbocycles. The van der Waals surface area contributed by atoms with Gasteiger partial charge < -0.3 is 29.6 Å². The quantitative estimate of drug-likeness (QED) is 0.257. The molecule has 2 aromatic carbocycles. The molecule has 9 heteroatoms. The van der Waals surface area contributed by atoms with Crippen LogP contribution in [0.4, 0.5) is 11.4 Å². The van der Waals surface area contributed by atoms with E-state index < -0.39 is 0 Å². The summed E-state index contributed by atoms with van der Waals surface area (Å²) in [5.41, 5.74) is 6.74. The summed E-state index contributed by atoms with van der Waals surface area (Å²) in [6.45, 7) is 6.05. The molecule has 2 unspecified atom stereocenters. The molecule has 1 aliphatic heterocycles. The summed E-state index contributed by atoms with van der Waals surface area (Å²) in [5, 5.41) is 7.03. The van der Waals surface area contributed by atoms with Crippen molar-refractivity contribution in [1.82, 2.24) is 14.9 Å².